The highest BCUT2D eigenvalue weighted by molar-refractivity contribution is 5.72. The van der Waals surface area contributed by atoms with Crippen LogP contribution in [0.4, 0.5) is 0 Å². The first-order valence-corrected chi connectivity index (χ1v) is 2.00. The van der Waals surface area contributed by atoms with E-state index < -0.39 is 0 Å². The van der Waals surface area contributed by atoms with Crippen LogP contribution in [0.25, 0.3) is 0 Å². The zero-order valence-electron chi connectivity index (χ0n) is 3.79. The number of rotatable bonds is 0. The van der Waals surface area contributed by atoms with Gasteiger partial charge >= 0.3 is 0 Å². The SMILES string of the molecule is NC1=NC(N)CO1. The van der Waals surface area contributed by atoms with Crippen LogP contribution in [0.3, 0.4) is 0 Å². The number of ether oxygens (including phenoxy) is 1. The molecule has 1 aliphatic rings. The molecular formula is C3H7N3O. The molecule has 0 spiro atoms. The molecule has 0 saturated carbocycles. The van der Waals surface area contributed by atoms with Crippen molar-refractivity contribution in [3.8, 4) is 0 Å². The van der Waals surface area contributed by atoms with Crippen LogP contribution in [0, 0.1) is 0 Å². The highest BCUT2D eigenvalue weighted by Gasteiger charge is 2.09. The molecule has 0 radical (unpaired) electrons. The second-order valence-electron chi connectivity index (χ2n) is 1.35. The molecule has 1 heterocycles. The third kappa shape index (κ3) is 0.806. The second kappa shape index (κ2) is 1.38. The third-order valence-electron chi connectivity index (χ3n) is 0.695. The van der Waals surface area contributed by atoms with Gasteiger partial charge in [0.15, 0.2) is 0 Å². The molecule has 0 saturated heterocycles. The summed E-state index contributed by atoms with van der Waals surface area (Å²) in [5.74, 6) is 0. The minimum atomic E-state index is -0.236. The minimum Gasteiger partial charge on any atom is -0.462 e. The summed E-state index contributed by atoms with van der Waals surface area (Å²) < 4.78 is 4.67. The molecule has 1 atom stereocenters. The van der Waals surface area contributed by atoms with Gasteiger partial charge in [0.1, 0.15) is 12.8 Å². The molecule has 40 valence electrons. The van der Waals surface area contributed by atoms with E-state index in [1.807, 2.05) is 0 Å². The Balaban J connectivity index is 2.50. The van der Waals surface area contributed by atoms with Crippen LogP contribution in [0.15, 0.2) is 4.99 Å². The normalized spacial score (nSPS) is 29.3. The molecule has 7 heavy (non-hydrogen) atoms. The van der Waals surface area contributed by atoms with Gasteiger partial charge < -0.3 is 16.2 Å². The fourth-order valence-corrected chi connectivity index (χ4v) is 0.409. The Morgan fingerprint density at radius 1 is 1.86 bits per heavy atom. The van der Waals surface area contributed by atoms with Crippen molar-refractivity contribution >= 4 is 6.02 Å². The molecule has 0 fully saturated rings. The lowest BCUT2D eigenvalue weighted by molar-refractivity contribution is 0.315. The lowest BCUT2D eigenvalue weighted by atomic mass is 10.6. The van der Waals surface area contributed by atoms with E-state index >= 15 is 0 Å². The summed E-state index contributed by atoms with van der Waals surface area (Å²) in [4.78, 5) is 3.64. The largest absolute Gasteiger partial charge is 0.462 e. The maximum absolute atomic E-state index is 5.23. The summed E-state index contributed by atoms with van der Waals surface area (Å²) in [5, 5.41) is 0. The van der Waals surface area contributed by atoms with E-state index in [9.17, 15) is 0 Å². The van der Waals surface area contributed by atoms with Gasteiger partial charge in [-0.05, 0) is 0 Å². The first kappa shape index (κ1) is 4.39. The van der Waals surface area contributed by atoms with Crippen molar-refractivity contribution in [1.29, 1.82) is 0 Å². The van der Waals surface area contributed by atoms with Crippen molar-refractivity contribution in [2.24, 2.45) is 16.5 Å². The van der Waals surface area contributed by atoms with E-state index in [-0.39, 0.29) is 12.2 Å². The smallest absolute Gasteiger partial charge is 0.283 e. The van der Waals surface area contributed by atoms with Crippen LogP contribution in [-0.4, -0.2) is 18.8 Å². The Morgan fingerprint density at radius 2 is 2.57 bits per heavy atom. The van der Waals surface area contributed by atoms with E-state index in [1.165, 1.54) is 0 Å². The molecule has 0 aromatic carbocycles. The summed E-state index contributed by atoms with van der Waals surface area (Å²) in [6, 6.07) is 0.201. The maximum Gasteiger partial charge on any atom is 0.283 e. The average Bonchev–Trinajstić information content (AvgIpc) is 1.87. The highest BCUT2D eigenvalue weighted by Crippen LogP contribution is 1.92. The van der Waals surface area contributed by atoms with Gasteiger partial charge in [-0.25, -0.2) is 4.99 Å². The van der Waals surface area contributed by atoms with E-state index in [0.717, 1.165) is 0 Å². The fraction of sp³-hybridized carbons (Fsp3) is 0.667. The van der Waals surface area contributed by atoms with Crippen LogP contribution in [0.2, 0.25) is 0 Å². The summed E-state index contributed by atoms with van der Waals surface area (Å²) in [5.41, 5.74) is 10.3. The number of nitrogens with zero attached hydrogens (tertiary/aromatic N) is 1. The predicted molar refractivity (Wildman–Crippen MR) is 25.5 cm³/mol. The highest BCUT2D eigenvalue weighted by atomic mass is 16.5. The van der Waals surface area contributed by atoms with Crippen LogP contribution < -0.4 is 11.5 Å². The lowest BCUT2D eigenvalue weighted by Crippen LogP contribution is -2.17. The summed E-state index contributed by atoms with van der Waals surface area (Å²) in [6.45, 7) is 0.422. The van der Waals surface area contributed by atoms with Crippen molar-refractivity contribution in [2.45, 2.75) is 6.17 Å². The zero-order valence-corrected chi connectivity index (χ0v) is 3.79. The first-order valence-electron chi connectivity index (χ1n) is 2.00. The Bertz CT molecular complexity index is 100. The Morgan fingerprint density at radius 3 is 2.71 bits per heavy atom. The van der Waals surface area contributed by atoms with E-state index in [4.69, 9.17) is 11.5 Å². The van der Waals surface area contributed by atoms with Crippen LogP contribution in [-0.2, 0) is 4.74 Å². The van der Waals surface area contributed by atoms with Crippen molar-refractivity contribution in [1.82, 2.24) is 0 Å². The molecule has 1 aliphatic heterocycles. The van der Waals surface area contributed by atoms with Crippen LogP contribution >= 0.6 is 0 Å². The van der Waals surface area contributed by atoms with E-state index in [1.54, 1.807) is 0 Å². The predicted octanol–water partition coefficient (Wildman–Crippen LogP) is -1.38. The molecular weight excluding hydrogens is 94.1 g/mol. The Kier molecular flexibility index (Phi) is 0.867. The monoisotopic (exact) mass is 101 g/mol. The quantitative estimate of drug-likeness (QED) is 0.394. The standard InChI is InChI=1S/C3H7N3O/c4-2-1-7-3(5)6-2/h2H,1,4H2,(H2,5,6). The zero-order chi connectivity index (χ0) is 5.28. The molecule has 0 bridgehead atoms. The molecule has 4 N–H and O–H groups in total. The van der Waals surface area contributed by atoms with Crippen LogP contribution in [0.5, 0.6) is 0 Å². The van der Waals surface area contributed by atoms with Crippen molar-refractivity contribution in [3.05, 3.63) is 0 Å². The van der Waals surface area contributed by atoms with Gasteiger partial charge in [-0.2, -0.15) is 0 Å². The van der Waals surface area contributed by atoms with Crippen molar-refractivity contribution in [2.75, 3.05) is 6.61 Å². The first-order chi connectivity index (χ1) is 3.29. The van der Waals surface area contributed by atoms with Gasteiger partial charge in [0.25, 0.3) is 6.02 Å². The molecule has 0 amide bonds. The molecule has 0 aromatic rings. The topological polar surface area (TPSA) is 73.6 Å². The number of hydrogen-bond donors (Lipinski definition) is 2. The lowest BCUT2D eigenvalue weighted by Gasteiger charge is -1.90. The molecule has 4 heteroatoms. The fourth-order valence-electron chi connectivity index (χ4n) is 0.409. The third-order valence-corrected chi connectivity index (χ3v) is 0.695. The average molecular weight is 101 g/mol. The second-order valence-corrected chi connectivity index (χ2v) is 1.35. The van der Waals surface area contributed by atoms with Gasteiger partial charge in [-0.3, -0.25) is 0 Å². The van der Waals surface area contributed by atoms with E-state index in [0.29, 0.717) is 6.61 Å². The van der Waals surface area contributed by atoms with Gasteiger partial charge in [0.05, 0.1) is 0 Å². The van der Waals surface area contributed by atoms with E-state index in [2.05, 4.69) is 9.73 Å². The van der Waals surface area contributed by atoms with Gasteiger partial charge in [0, 0.05) is 0 Å². The Labute approximate surface area is 41.2 Å². The van der Waals surface area contributed by atoms with Crippen molar-refractivity contribution < 1.29 is 4.74 Å². The van der Waals surface area contributed by atoms with Crippen molar-refractivity contribution in [3.63, 3.8) is 0 Å². The molecule has 4 nitrogen and oxygen atoms in total. The summed E-state index contributed by atoms with van der Waals surface area (Å²) in [7, 11) is 0. The molecule has 1 unspecified atom stereocenters. The summed E-state index contributed by atoms with van der Waals surface area (Å²) >= 11 is 0. The van der Waals surface area contributed by atoms with Crippen LogP contribution in [0.1, 0.15) is 0 Å². The number of hydrogen-bond acceptors (Lipinski definition) is 4. The van der Waals surface area contributed by atoms with Gasteiger partial charge in [0.2, 0.25) is 0 Å². The maximum atomic E-state index is 5.23. The number of nitrogens with two attached hydrogens (primary N) is 2. The minimum absolute atomic E-state index is 0.201. The summed E-state index contributed by atoms with van der Waals surface area (Å²) in [6.07, 6.45) is -0.236. The number of amidine groups is 1. The Hall–Kier alpha value is -0.770. The number of aliphatic imine (C=N–C) groups is 1. The molecule has 1 rings (SSSR count). The van der Waals surface area contributed by atoms with Gasteiger partial charge in [-0.15, -0.1) is 0 Å². The van der Waals surface area contributed by atoms with Gasteiger partial charge in [-0.1, -0.05) is 0 Å². The molecule has 0 aliphatic carbocycles. The molecule has 0 aromatic heterocycles.